The van der Waals surface area contributed by atoms with E-state index in [9.17, 15) is 18.9 Å². The van der Waals surface area contributed by atoms with Crippen LogP contribution in [0.25, 0.3) is 32.7 Å². The summed E-state index contributed by atoms with van der Waals surface area (Å²) >= 11 is 0. The molecule has 0 saturated carbocycles. The van der Waals surface area contributed by atoms with Gasteiger partial charge >= 0.3 is 15.6 Å². The van der Waals surface area contributed by atoms with Gasteiger partial charge in [0.25, 0.3) is 0 Å². The van der Waals surface area contributed by atoms with Crippen LogP contribution in [0, 0.1) is 0 Å². The molecule has 29 heavy (non-hydrogen) atoms. The van der Waals surface area contributed by atoms with Crippen molar-refractivity contribution in [2.75, 3.05) is 0 Å². The van der Waals surface area contributed by atoms with Crippen LogP contribution in [0.1, 0.15) is 0 Å². The Kier molecular flexibility index (Phi) is 4.07. The van der Waals surface area contributed by atoms with E-state index < -0.39 is 15.6 Å². The number of phosphoric ester groups is 2. The van der Waals surface area contributed by atoms with Gasteiger partial charge in [0, 0.05) is 11.1 Å². The zero-order chi connectivity index (χ0) is 20.2. The quantitative estimate of drug-likeness (QED) is 0.349. The highest BCUT2D eigenvalue weighted by Crippen LogP contribution is 2.63. The van der Waals surface area contributed by atoms with Crippen LogP contribution in [0.3, 0.4) is 0 Å². The lowest BCUT2D eigenvalue weighted by atomic mass is 9.92. The van der Waals surface area contributed by atoms with Gasteiger partial charge in [0.1, 0.15) is 11.5 Å². The Hall–Kier alpha value is -2.66. The van der Waals surface area contributed by atoms with E-state index in [2.05, 4.69) is 4.31 Å². The molecule has 0 bridgehead atoms. The van der Waals surface area contributed by atoms with E-state index in [0.29, 0.717) is 11.1 Å². The number of rotatable bonds is 0. The first-order valence-electron chi connectivity index (χ1n) is 8.63. The first kappa shape index (κ1) is 18.4. The van der Waals surface area contributed by atoms with Crippen molar-refractivity contribution in [1.82, 2.24) is 0 Å². The Morgan fingerprint density at radius 1 is 0.586 bits per heavy atom. The lowest BCUT2D eigenvalue weighted by molar-refractivity contribution is 0.236. The molecule has 2 atom stereocenters. The monoisotopic (exact) mass is 428 g/mol. The maximum Gasteiger partial charge on any atom is 0.537 e. The molecule has 1 aliphatic rings. The van der Waals surface area contributed by atoms with Crippen molar-refractivity contribution < 1.29 is 32.3 Å². The number of benzene rings is 4. The Bertz CT molecular complexity index is 1280. The third-order valence-electron chi connectivity index (χ3n) is 4.67. The minimum absolute atomic E-state index is 0.0395. The molecule has 0 spiro atoms. The second kappa shape index (κ2) is 6.42. The van der Waals surface area contributed by atoms with Crippen molar-refractivity contribution in [3.8, 4) is 22.6 Å². The Morgan fingerprint density at radius 3 is 1.45 bits per heavy atom. The van der Waals surface area contributed by atoms with E-state index in [-0.39, 0.29) is 11.5 Å². The molecule has 4 aromatic rings. The van der Waals surface area contributed by atoms with Gasteiger partial charge in [0.2, 0.25) is 0 Å². The van der Waals surface area contributed by atoms with E-state index in [1.165, 1.54) is 12.1 Å². The van der Waals surface area contributed by atoms with Crippen LogP contribution in [0.2, 0.25) is 0 Å². The molecule has 0 fully saturated rings. The number of hydrogen-bond donors (Lipinski definition) is 2. The average molecular weight is 428 g/mol. The molecule has 7 nitrogen and oxygen atoms in total. The minimum Gasteiger partial charge on any atom is -0.403 e. The molecule has 0 amide bonds. The van der Waals surface area contributed by atoms with Crippen LogP contribution in [-0.2, 0) is 13.4 Å². The van der Waals surface area contributed by atoms with Crippen LogP contribution in [0.5, 0.6) is 11.5 Å². The Morgan fingerprint density at radius 2 is 1.00 bits per heavy atom. The van der Waals surface area contributed by atoms with Gasteiger partial charge in [-0.1, -0.05) is 60.7 Å². The number of phosphoric acid groups is 2. The molecule has 0 aromatic heterocycles. The van der Waals surface area contributed by atoms with Gasteiger partial charge in [-0.15, -0.1) is 0 Å². The molecule has 2 unspecified atom stereocenters. The Labute approximate surface area is 165 Å². The summed E-state index contributed by atoms with van der Waals surface area (Å²) in [6.07, 6.45) is 0. The van der Waals surface area contributed by atoms with Crippen LogP contribution in [-0.4, -0.2) is 9.79 Å². The average Bonchev–Trinajstić information content (AvgIpc) is 2.70. The molecule has 5 rings (SSSR count). The van der Waals surface area contributed by atoms with Crippen molar-refractivity contribution >= 4 is 37.2 Å². The molecule has 0 aliphatic carbocycles. The van der Waals surface area contributed by atoms with Crippen molar-refractivity contribution in [2.24, 2.45) is 0 Å². The van der Waals surface area contributed by atoms with E-state index in [1.54, 1.807) is 12.1 Å². The highest BCUT2D eigenvalue weighted by atomic mass is 31.3. The first-order chi connectivity index (χ1) is 13.8. The summed E-state index contributed by atoms with van der Waals surface area (Å²) in [5.41, 5.74) is 0.935. The fourth-order valence-corrected chi connectivity index (χ4v) is 5.69. The summed E-state index contributed by atoms with van der Waals surface area (Å²) in [6.45, 7) is 0. The first-order valence-corrected chi connectivity index (χ1v) is 11.6. The molecule has 0 saturated heterocycles. The van der Waals surface area contributed by atoms with Gasteiger partial charge in [-0.05, 0) is 33.7 Å². The smallest absolute Gasteiger partial charge is 0.403 e. The fraction of sp³-hybridized carbons (Fsp3) is 0. The van der Waals surface area contributed by atoms with Crippen LogP contribution in [0.15, 0.2) is 72.8 Å². The largest absolute Gasteiger partial charge is 0.537 e. The molecule has 146 valence electrons. The predicted molar refractivity (Wildman–Crippen MR) is 109 cm³/mol. The van der Waals surface area contributed by atoms with Crippen LogP contribution in [0.4, 0.5) is 0 Å². The second-order valence-corrected chi connectivity index (χ2v) is 9.41. The van der Waals surface area contributed by atoms with Crippen molar-refractivity contribution in [3.63, 3.8) is 0 Å². The molecule has 0 radical (unpaired) electrons. The third kappa shape index (κ3) is 3.23. The molecule has 4 aromatic carbocycles. The highest BCUT2D eigenvalue weighted by Gasteiger charge is 2.40. The van der Waals surface area contributed by atoms with Crippen molar-refractivity contribution in [3.05, 3.63) is 72.8 Å². The summed E-state index contributed by atoms with van der Waals surface area (Å²) in [6, 6.07) is 21.4. The van der Waals surface area contributed by atoms with Crippen molar-refractivity contribution in [1.29, 1.82) is 0 Å². The van der Waals surface area contributed by atoms with E-state index in [1.807, 2.05) is 48.5 Å². The number of fused-ring (bicyclic) bond motifs is 7. The summed E-state index contributed by atoms with van der Waals surface area (Å²) in [7, 11) is -9.89. The van der Waals surface area contributed by atoms with Crippen molar-refractivity contribution in [2.45, 2.75) is 0 Å². The molecular formula is C20H14O7P2. The normalized spacial score (nSPS) is 23.8. The van der Waals surface area contributed by atoms with E-state index in [0.717, 1.165) is 21.5 Å². The second-order valence-electron chi connectivity index (χ2n) is 6.52. The maximum absolute atomic E-state index is 12.4. The Balaban J connectivity index is 1.99. The molecule has 1 heterocycles. The zero-order valence-electron chi connectivity index (χ0n) is 14.8. The van der Waals surface area contributed by atoms with E-state index in [4.69, 9.17) is 9.05 Å². The standard InChI is InChI=1S/C20H14O7P2/c21-28(22)25-17-11-9-13-5-1-3-7-15(13)19(17)20-16-8-4-2-6-14(16)10-12-18(20)26-29(23,24)27-28/h1-12H,(H,21,22)(H,23,24). The molecule has 9 heteroatoms. The molecular weight excluding hydrogens is 414 g/mol. The van der Waals surface area contributed by atoms with Crippen LogP contribution >= 0.6 is 15.6 Å². The highest BCUT2D eigenvalue weighted by molar-refractivity contribution is 7.61. The summed E-state index contributed by atoms with van der Waals surface area (Å²) in [5, 5.41) is 3.16. The van der Waals surface area contributed by atoms with Gasteiger partial charge in [0.15, 0.2) is 0 Å². The van der Waals surface area contributed by atoms with Gasteiger partial charge in [-0.3, -0.25) is 9.79 Å². The van der Waals surface area contributed by atoms with Gasteiger partial charge in [0.05, 0.1) is 0 Å². The van der Waals surface area contributed by atoms with E-state index >= 15 is 0 Å². The van der Waals surface area contributed by atoms with Gasteiger partial charge in [-0.25, -0.2) is 9.13 Å². The maximum atomic E-state index is 12.4. The molecule has 1 aliphatic heterocycles. The summed E-state index contributed by atoms with van der Waals surface area (Å²) in [5.74, 6) is 0.0790. The SMILES string of the molecule is O=P1(O)Oc2ccc3ccccc3c2-c2c(ccc3ccccc23)OP(=O)(O)O1. The predicted octanol–water partition coefficient (Wildman–Crippen LogP) is 5.65. The van der Waals surface area contributed by atoms with Gasteiger partial charge < -0.3 is 9.05 Å². The zero-order valence-corrected chi connectivity index (χ0v) is 16.5. The minimum atomic E-state index is -4.94. The fourth-order valence-electron chi connectivity index (χ4n) is 3.58. The lowest BCUT2D eigenvalue weighted by Crippen LogP contribution is -1.99. The summed E-state index contributed by atoms with van der Waals surface area (Å²) < 4.78 is 39.7. The molecule has 2 N–H and O–H groups in total. The number of hydrogen-bond acceptors (Lipinski definition) is 5. The lowest BCUT2D eigenvalue weighted by Gasteiger charge is -2.17. The summed E-state index contributed by atoms with van der Waals surface area (Å²) in [4.78, 5) is 20.1. The van der Waals surface area contributed by atoms with Crippen LogP contribution < -0.4 is 9.05 Å². The topological polar surface area (TPSA) is 102 Å². The van der Waals surface area contributed by atoms with Gasteiger partial charge in [-0.2, -0.15) is 4.31 Å². The third-order valence-corrected chi connectivity index (χ3v) is 7.17.